The second kappa shape index (κ2) is 9.88. The van der Waals surface area contributed by atoms with Crippen LogP contribution in [-0.4, -0.2) is 46.4 Å². The molecule has 37 heavy (non-hydrogen) atoms. The zero-order valence-corrected chi connectivity index (χ0v) is 23.1. The van der Waals surface area contributed by atoms with Gasteiger partial charge in [-0.1, -0.05) is 23.7 Å². The monoisotopic (exact) mass is 522 g/mol. The topological polar surface area (TPSA) is 41.5 Å². The molecule has 0 aliphatic carbocycles. The predicted molar refractivity (Wildman–Crippen MR) is 148 cm³/mol. The van der Waals surface area contributed by atoms with Crippen LogP contribution < -0.4 is 9.64 Å². The first-order valence-electron chi connectivity index (χ1n) is 13.1. The summed E-state index contributed by atoms with van der Waals surface area (Å²) in [5, 5.41) is 9.15. The average molecular weight is 523 g/mol. The molecule has 2 aliphatic rings. The van der Waals surface area contributed by atoms with E-state index in [2.05, 4.69) is 65.2 Å². The van der Waals surface area contributed by atoms with E-state index in [1.807, 2.05) is 19.1 Å². The predicted octanol–water partition coefficient (Wildman–Crippen LogP) is 7.06. The van der Waals surface area contributed by atoms with Crippen LogP contribution in [0.15, 0.2) is 48.5 Å². The van der Waals surface area contributed by atoms with Crippen molar-refractivity contribution in [1.82, 2.24) is 15.1 Å². The maximum absolute atomic E-state index is 14.1. The number of fused-ring (bicyclic) bond motifs is 2. The lowest BCUT2D eigenvalue weighted by atomic mass is 9.66. The SMILES string of the molecule is COc1ccc(CN2[C@@]3(C)CCC[C@]2(C)CC(N(C)c2ccc(-c4cc(F)c(Cl)cc4C)nn2)C3)cc1. The number of piperidine rings is 2. The number of ether oxygens (including phenoxy) is 1. The van der Waals surface area contributed by atoms with E-state index in [0.29, 0.717) is 17.3 Å². The number of benzene rings is 2. The average Bonchev–Trinajstić information content (AvgIpc) is 2.87. The maximum atomic E-state index is 14.1. The zero-order chi connectivity index (χ0) is 26.4. The minimum absolute atomic E-state index is 0.107. The summed E-state index contributed by atoms with van der Waals surface area (Å²) in [7, 11) is 3.84. The molecule has 1 unspecified atom stereocenters. The quantitative estimate of drug-likeness (QED) is 0.347. The molecule has 2 saturated heterocycles. The van der Waals surface area contributed by atoms with Crippen molar-refractivity contribution in [2.45, 2.75) is 76.5 Å². The Morgan fingerprint density at radius 1 is 1.05 bits per heavy atom. The van der Waals surface area contributed by atoms with Crippen molar-refractivity contribution in [3.8, 4) is 17.0 Å². The van der Waals surface area contributed by atoms with Gasteiger partial charge in [-0.3, -0.25) is 4.90 Å². The molecule has 7 heteroatoms. The van der Waals surface area contributed by atoms with E-state index in [9.17, 15) is 4.39 Å². The van der Waals surface area contributed by atoms with Gasteiger partial charge in [0, 0.05) is 36.3 Å². The van der Waals surface area contributed by atoms with E-state index in [1.54, 1.807) is 13.2 Å². The van der Waals surface area contributed by atoms with E-state index in [0.717, 1.165) is 36.5 Å². The van der Waals surface area contributed by atoms with Crippen LogP contribution in [0.25, 0.3) is 11.3 Å². The summed E-state index contributed by atoms with van der Waals surface area (Å²) in [6.07, 6.45) is 5.78. The second-order valence-corrected chi connectivity index (χ2v) is 11.7. The molecule has 0 spiro atoms. The Bertz CT molecular complexity index is 1250. The second-order valence-electron chi connectivity index (χ2n) is 11.3. The van der Waals surface area contributed by atoms with Gasteiger partial charge < -0.3 is 9.64 Å². The molecule has 3 heterocycles. The number of halogens is 2. The lowest BCUT2D eigenvalue weighted by Gasteiger charge is -2.62. The third-order valence-electron chi connectivity index (χ3n) is 8.69. The molecule has 0 N–H and O–H groups in total. The molecule has 3 aromatic rings. The number of aromatic nitrogens is 2. The summed E-state index contributed by atoms with van der Waals surface area (Å²) >= 11 is 5.93. The van der Waals surface area contributed by atoms with Crippen molar-refractivity contribution < 1.29 is 9.13 Å². The van der Waals surface area contributed by atoms with Gasteiger partial charge in [-0.25, -0.2) is 4.39 Å². The highest BCUT2D eigenvalue weighted by Gasteiger charge is 2.53. The lowest BCUT2D eigenvalue weighted by molar-refractivity contribution is -0.0976. The molecule has 2 aliphatic heterocycles. The minimum Gasteiger partial charge on any atom is -0.497 e. The number of aryl methyl sites for hydroxylation is 1. The smallest absolute Gasteiger partial charge is 0.151 e. The van der Waals surface area contributed by atoms with E-state index < -0.39 is 5.82 Å². The zero-order valence-electron chi connectivity index (χ0n) is 22.4. The van der Waals surface area contributed by atoms with Gasteiger partial charge in [0.1, 0.15) is 11.6 Å². The maximum Gasteiger partial charge on any atom is 0.151 e. The Labute approximate surface area is 224 Å². The van der Waals surface area contributed by atoms with Crippen LogP contribution in [-0.2, 0) is 6.54 Å². The molecule has 2 aromatic carbocycles. The van der Waals surface area contributed by atoms with Gasteiger partial charge in [-0.05, 0) is 100 Å². The summed E-state index contributed by atoms with van der Waals surface area (Å²) in [6, 6.07) is 15.8. The van der Waals surface area contributed by atoms with Crippen LogP contribution in [0.2, 0.25) is 5.02 Å². The summed E-state index contributed by atoms with van der Waals surface area (Å²) in [4.78, 5) is 5.04. The summed E-state index contributed by atoms with van der Waals surface area (Å²) < 4.78 is 19.4. The van der Waals surface area contributed by atoms with Crippen molar-refractivity contribution >= 4 is 17.4 Å². The van der Waals surface area contributed by atoms with Gasteiger partial charge in [0.2, 0.25) is 0 Å². The highest BCUT2D eigenvalue weighted by molar-refractivity contribution is 6.30. The minimum atomic E-state index is -0.445. The van der Waals surface area contributed by atoms with Crippen LogP contribution in [0, 0.1) is 12.7 Å². The Balaban J connectivity index is 1.35. The fourth-order valence-corrected chi connectivity index (χ4v) is 6.84. The highest BCUT2D eigenvalue weighted by Crippen LogP contribution is 2.50. The normalized spacial score (nSPS) is 25.6. The largest absolute Gasteiger partial charge is 0.497 e. The van der Waals surface area contributed by atoms with Gasteiger partial charge in [0.25, 0.3) is 0 Å². The van der Waals surface area contributed by atoms with Crippen LogP contribution in [0.3, 0.4) is 0 Å². The first-order chi connectivity index (χ1) is 17.6. The lowest BCUT2D eigenvalue weighted by Crippen LogP contribution is -2.67. The van der Waals surface area contributed by atoms with Crippen molar-refractivity contribution in [3.05, 3.63) is 70.5 Å². The third kappa shape index (κ3) is 4.94. The summed E-state index contributed by atoms with van der Waals surface area (Å²) in [5.41, 5.74) is 3.77. The molecule has 5 rings (SSSR count). The molecule has 196 valence electrons. The molecule has 5 nitrogen and oxygen atoms in total. The van der Waals surface area contributed by atoms with Crippen molar-refractivity contribution in [2.24, 2.45) is 0 Å². The fourth-order valence-electron chi connectivity index (χ4n) is 6.62. The van der Waals surface area contributed by atoms with E-state index in [-0.39, 0.29) is 16.1 Å². The van der Waals surface area contributed by atoms with Gasteiger partial charge >= 0.3 is 0 Å². The molecule has 0 radical (unpaired) electrons. The third-order valence-corrected chi connectivity index (χ3v) is 8.98. The van der Waals surface area contributed by atoms with Crippen LogP contribution in [0.4, 0.5) is 10.2 Å². The molecular weight excluding hydrogens is 487 g/mol. The van der Waals surface area contributed by atoms with Crippen LogP contribution in [0.1, 0.15) is 57.1 Å². The molecule has 3 atom stereocenters. The Hall–Kier alpha value is -2.70. The van der Waals surface area contributed by atoms with Gasteiger partial charge in [-0.2, -0.15) is 0 Å². The summed E-state index contributed by atoms with van der Waals surface area (Å²) in [5.74, 6) is 1.29. The molecule has 2 bridgehead atoms. The Kier molecular flexibility index (Phi) is 6.92. The number of hydrogen-bond donors (Lipinski definition) is 0. The molecule has 1 aromatic heterocycles. The number of hydrogen-bond acceptors (Lipinski definition) is 5. The molecule has 2 fully saturated rings. The number of methoxy groups -OCH3 is 1. The van der Waals surface area contributed by atoms with Gasteiger partial charge in [0.15, 0.2) is 5.82 Å². The standard InChI is InChI=1S/C30H36ClFN4O/c1-20-15-25(31)26(32)16-24(20)27-11-12-28(34-33-27)35(4)22-17-29(2)13-6-14-30(3,18-22)36(29)19-21-7-9-23(37-5)10-8-21/h7-12,15-16,22H,6,13-14,17-19H2,1-5H3/t22?,29-,30+. The van der Waals surface area contributed by atoms with Crippen molar-refractivity contribution in [2.75, 3.05) is 19.1 Å². The van der Waals surface area contributed by atoms with Crippen LogP contribution in [0.5, 0.6) is 5.75 Å². The number of rotatable bonds is 6. The Morgan fingerprint density at radius 2 is 1.73 bits per heavy atom. The van der Waals surface area contributed by atoms with Crippen LogP contribution >= 0.6 is 11.6 Å². The first kappa shape index (κ1) is 25.9. The number of anilines is 1. The molecule has 0 saturated carbocycles. The molecular formula is C30H36ClFN4O. The van der Waals surface area contributed by atoms with Gasteiger partial charge in [-0.15, -0.1) is 10.2 Å². The first-order valence-corrected chi connectivity index (χ1v) is 13.4. The summed E-state index contributed by atoms with van der Waals surface area (Å²) in [6.45, 7) is 7.71. The van der Waals surface area contributed by atoms with Crippen molar-refractivity contribution in [1.29, 1.82) is 0 Å². The number of nitrogens with zero attached hydrogens (tertiary/aromatic N) is 4. The van der Waals surface area contributed by atoms with Gasteiger partial charge in [0.05, 0.1) is 17.8 Å². The Morgan fingerprint density at radius 3 is 2.32 bits per heavy atom. The van der Waals surface area contributed by atoms with E-state index >= 15 is 0 Å². The fraction of sp³-hybridized carbons (Fsp3) is 0.467. The highest BCUT2D eigenvalue weighted by atomic mass is 35.5. The molecule has 0 amide bonds. The van der Waals surface area contributed by atoms with Crippen molar-refractivity contribution in [3.63, 3.8) is 0 Å². The van der Waals surface area contributed by atoms with E-state index in [4.69, 9.17) is 16.3 Å². The van der Waals surface area contributed by atoms with E-state index in [1.165, 1.54) is 30.9 Å².